The summed E-state index contributed by atoms with van der Waals surface area (Å²) in [6, 6.07) is 12.1. The number of β-lactam (4-membered cyclic amide) rings is 1. The number of rotatable bonds is 5. The first-order valence-corrected chi connectivity index (χ1v) is 11.2. The summed E-state index contributed by atoms with van der Waals surface area (Å²) in [5.41, 5.74) is 2.23. The summed E-state index contributed by atoms with van der Waals surface area (Å²) in [6.07, 6.45) is 0.435. The Morgan fingerprint density at radius 2 is 1.61 bits per heavy atom. The first kappa shape index (κ1) is 21.3. The van der Waals surface area contributed by atoms with Gasteiger partial charge in [-0.05, 0) is 47.2 Å². The molecule has 8 nitrogen and oxygen atoms in total. The number of hydrogen-bond donors (Lipinski definition) is 0. The summed E-state index contributed by atoms with van der Waals surface area (Å²) in [5.74, 6) is -1.27. The third-order valence-electron chi connectivity index (χ3n) is 6.14. The van der Waals surface area contributed by atoms with Gasteiger partial charge in [-0.1, -0.05) is 24.3 Å². The molecule has 0 N–H and O–H groups in total. The second kappa shape index (κ2) is 8.08. The maximum Gasteiger partial charge on any atom is 0.333 e. The van der Waals surface area contributed by atoms with Crippen LogP contribution in [0, 0.1) is 0 Å². The number of carbonyl (C=O) groups excluding carboxylic acids is 4. The molecule has 1 fully saturated rings. The van der Waals surface area contributed by atoms with Gasteiger partial charge in [0.2, 0.25) is 0 Å². The van der Waals surface area contributed by atoms with Gasteiger partial charge in [0.25, 0.3) is 17.7 Å². The van der Waals surface area contributed by atoms with Crippen molar-refractivity contribution >= 4 is 35.5 Å². The molecule has 0 saturated carbocycles. The Hall–Kier alpha value is -3.59. The van der Waals surface area contributed by atoms with Gasteiger partial charge >= 0.3 is 5.97 Å². The van der Waals surface area contributed by atoms with Crippen LogP contribution in [0.3, 0.4) is 0 Å². The number of ether oxygens (including phenoxy) is 2. The minimum atomic E-state index is -0.964. The number of amides is 3. The molecule has 3 heterocycles. The molecule has 3 aliphatic rings. The maximum absolute atomic E-state index is 13.3. The number of thioether (sulfide) groups is 1. The van der Waals surface area contributed by atoms with Crippen LogP contribution in [0.4, 0.5) is 0 Å². The van der Waals surface area contributed by atoms with E-state index in [0.29, 0.717) is 12.0 Å². The molecule has 0 bridgehead atoms. The number of nitrogens with zero attached hydrogens (tertiary/aromatic N) is 2. The van der Waals surface area contributed by atoms with Crippen molar-refractivity contribution in [3.05, 3.63) is 76.2 Å². The van der Waals surface area contributed by atoms with E-state index in [2.05, 4.69) is 0 Å². The van der Waals surface area contributed by atoms with Crippen LogP contribution in [-0.4, -0.2) is 65.2 Å². The summed E-state index contributed by atoms with van der Waals surface area (Å²) >= 11 is 1.33. The molecule has 0 unspecified atom stereocenters. The topological polar surface area (TPSA) is 93.2 Å². The largest absolute Gasteiger partial charge is 0.497 e. The molecule has 5 rings (SSSR count). The van der Waals surface area contributed by atoms with Crippen molar-refractivity contribution in [2.45, 2.75) is 23.9 Å². The van der Waals surface area contributed by atoms with Crippen molar-refractivity contribution in [3.8, 4) is 5.75 Å². The van der Waals surface area contributed by atoms with Crippen molar-refractivity contribution < 1.29 is 28.7 Å². The minimum absolute atomic E-state index is 0.287. The molecule has 3 atom stereocenters. The first-order valence-electron chi connectivity index (χ1n) is 10.3. The molecule has 33 heavy (non-hydrogen) atoms. The van der Waals surface area contributed by atoms with E-state index in [-0.39, 0.29) is 11.1 Å². The molecule has 1 saturated heterocycles. The smallest absolute Gasteiger partial charge is 0.333 e. The van der Waals surface area contributed by atoms with E-state index < -0.39 is 41.1 Å². The third-order valence-corrected chi connectivity index (χ3v) is 7.34. The summed E-state index contributed by atoms with van der Waals surface area (Å²) in [5, 5.41) is 1.29. The van der Waals surface area contributed by atoms with Crippen LogP contribution < -0.4 is 4.74 Å². The summed E-state index contributed by atoms with van der Waals surface area (Å²) < 4.78 is 10.2. The lowest BCUT2D eigenvalue weighted by Gasteiger charge is -2.53. The molecule has 168 valence electrons. The van der Waals surface area contributed by atoms with Gasteiger partial charge in [0.1, 0.15) is 17.2 Å². The van der Waals surface area contributed by atoms with E-state index in [0.717, 1.165) is 16.2 Å². The fourth-order valence-electron chi connectivity index (χ4n) is 4.48. The monoisotopic (exact) mass is 464 g/mol. The maximum atomic E-state index is 13.3. The van der Waals surface area contributed by atoms with Crippen LogP contribution in [0.15, 0.2) is 59.5 Å². The molecular weight excluding hydrogens is 444 g/mol. The highest BCUT2D eigenvalue weighted by Crippen LogP contribution is 2.44. The Kier molecular flexibility index (Phi) is 5.20. The molecule has 0 spiro atoms. The average molecular weight is 464 g/mol. The zero-order chi connectivity index (χ0) is 23.3. The SMILES string of the molecule is COC(=O)[C@H]1C(Cc2ccc(OC)cc2)=CS[C@@H]2[C@H](N3C(=O)c4ccccc4C3=O)C(=O)N12. The average Bonchev–Trinajstić information content (AvgIpc) is 3.09. The number of imide groups is 1. The molecule has 2 aromatic rings. The standard InChI is InChI=1S/C24H20N2O6S/c1-31-15-9-7-13(8-10-15)11-14-12-33-23-19(22(29)26(23)18(14)24(30)32-2)25-20(27)16-5-3-4-6-17(16)21(25)28/h3-10,12,18-19,23H,11H2,1-2H3/t18-,19-,23-/m1/s1. The lowest BCUT2D eigenvalue weighted by atomic mass is 9.93. The van der Waals surface area contributed by atoms with Crippen LogP contribution in [0.5, 0.6) is 5.75 Å². The van der Waals surface area contributed by atoms with Crippen LogP contribution >= 0.6 is 11.8 Å². The quantitative estimate of drug-likeness (QED) is 0.381. The molecule has 2 aromatic carbocycles. The Balaban J connectivity index is 1.43. The van der Waals surface area contributed by atoms with Gasteiger partial charge in [-0.25, -0.2) is 4.79 Å². The molecule has 3 amide bonds. The van der Waals surface area contributed by atoms with E-state index >= 15 is 0 Å². The van der Waals surface area contributed by atoms with Crippen LogP contribution in [0.1, 0.15) is 26.3 Å². The van der Waals surface area contributed by atoms with Crippen molar-refractivity contribution in [3.63, 3.8) is 0 Å². The Labute approximate surface area is 194 Å². The van der Waals surface area contributed by atoms with E-state index in [1.54, 1.807) is 31.4 Å². The lowest BCUT2D eigenvalue weighted by Crippen LogP contribution is -2.74. The highest BCUT2D eigenvalue weighted by Gasteiger charge is 2.61. The third kappa shape index (κ3) is 3.22. The van der Waals surface area contributed by atoms with Gasteiger partial charge in [-0.3, -0.25) is 19.3 Å². The lowest BCUT2D eigenvalue weighted by molar-refractivity contribution is -0.163. The molecule has 0 aromatic heterocycles. The highest BCUT2D eigenvalue weighted by atomic mass is 32.2. The van der Waals surface area contributed by atoms with E-state index in [1.165, 1.54) is 23.8 Å². The van der Waals surface area contributed by atoms with E-state index in [4.69, 9.17) is 9.47 Å². The summed E-state index contributed by atoms with van der Waals surface area (Å²) in [6.45, 7) is 0. The number of methoxy groups -OCH3 is 2. The normalized spacial score (nSPS) is 23.5. The van der Waals surface area contributed by atoms with Gasteiger partial charge < -0.3 is 14.4 Å². The predicted molar refractivity (Wildman–Crippen MR) is 120 cm³/mol. The van der Waals surface area contributed by atoms with Crippen LogP contribution in [0.25, 0.3) is 0 Å². The van der Waals surface area contributed by atoms with Crippen LogP contribution in [0.2, 0.25) is 0 Å². The second-order valence-electron chi connectivity index (χ2n) is 7.89. The summed E-state index contributed by atoms with van der Waals surface area (Å²) in [7, 11) is 2.86. The zero-order valence-electron chi connectivity index (χ0n) is 17.9. The molecule has 3 aliphatic heterocycles. The van der Waals surface area contributed by atoms with Gasteiger partial charge in [0, 0.05) is 0 Å². The molecule has 9 heteroatoms. The van der Waals surface area contributed by atoms with Gasteiger partial charge in [0.05, 0.1) is 25.3 Å². The fraction of sp³-hybridized carbons (Fsp3) is 0.250. The Bertz CT molecular complexity index is 1170. The van der Waals surface area contributed by atoms with Crippen molar-refractivity contribution in [2.24, 2.45) is 0 Å². The number of esters is 1. The van der Waals surface area contributed by atoms with Gasteiger partial charge in [-0.15, -0.1) is 11.8 Å². The van der Waals surface area contributed by atoms with Crippen molar-refractivity contribution in [2.75, 3.05) is 14.2 Å². The zero-order valence-corrected chi connectivity index (χ0v) is 18.7. The van der Waals surface area contributed by atoms with Crippen molar-refractivity contribution in [1.29, 1.82) is 0 Å². The molecule has 0 radical (unpaired) electrons. The Morgan fingerprint density at radius 3 is 2.18 bits per heavy atom. The first-order chi connectivity index (χ1) is 16.0. The predicted octanol–water partition coefficient (Wildman–Crippen LogP) is 2.24. The number of carbonyl (C=O) groups is 4. The number of fused-ring (bicyclic) bond motifs is 2. The van der Waals surface area contributed by atoms with Gasteiger partial charge in [0.15, 0.2) is 6.04 Å². The Morgan fingerprint density at radius 1 is 0.970 bits per heavy atom. The van der Waals surface area contributed by atoms with E-state index in [9.17, 15) is 19.2 Å². The highest BCUT2D eigenvalue weighted by molar-refractivity contribution is 8.03. The number of benzene rings is 2. The molecular formula is C24H20N2O6S. The second-order valence-corrected chi connectivity index (χ2v) is 8.88. The summed E-state index contributed by atoms with van der Waals surface area (Å²) in [4.78, 5) is 54.2. The van der Waals surface area contributed by atoms with Crippen LogP contribution in [-0.2, 0) is 20.7 Å². The minimum Gasteiger partial charge on any atom is -0.497 e. The van der Waals surface area contributed by atoms with E-state index in [1.807, 2.05) is 29.7 Å². The van der Waals surface area contributed by atoms with Crippen molar-refractivity contribution in [1.82, 2.24) is 9.80 Å². The number of hydrogen-bond acceptors (Lipinski definition) is 7. The molecule has 0 aliphatic carbocycles. The van der Waals surface area contributed by atoms with Gasteiger partial charge in [-0.2, -0.15) is 0 Å². The fourth-order valence-corrected chi connectivity index (χ4v) is 5.75.